The van der Waals surface area contributed by atoms with E-state index in [4.69, 9.17) is 4.74 Å². The van der Waals surface area contributed by atoms with Crippen molar-refractivity contribution in [1.82, 2.24) is 5.32 Å². The Labute approximate surface area is 121 Å². The Kier molecular flexibility index (Phi) is 4.65. The van der Waals surface area contributed by atoms with Gasteiger partial charge in [0.05, 0.1) is 5.69 Å². The predicted molar refractivity (Wildman–Crippen MR) is 81.4 cm³/mol. The minimum absolute atomic E-state index is 0.00775. The number of fused-ring (bicyclic) bond motifs is 1. The van der Waals surface area contributed by atoms with Gasteiger partial charge in [0.15, 0.2) is 6.10 Å². The van der Waals surface area contributed by atoms with Crippen LogP contribution >= 0.6 is 0 Å². The molecule has 20 heavy (non-hydrogen) atoms. The highest BCUT2D eigenvalue weighted by molar-refractivity contribution is 5.99. The van der Waals surface area contributed by atoms with Gasteiger partial charge in [-0.25, -0.2) is 0 Å². The van der Waals surface area contributed by atoms with Crippen molar-refractivity contribution >= 4 is 11.6 Å². The fourth-order valence-electron chi connectivity index (χ4n) is 2.62. The molecule has 0 fully saturated rings. The molecule has 1 aliphatic rings. The molecule has 0 spiro atoms. The lowest BCUT2D eigenvalue weighted by atomic mass is 10.0. The summed E-state index contributed by atoms with van der Waals surface area (Å²) in [5, 5.41) is 3.48. The van der Waals surface area contributed by atoms with Crippen LogP contribution in [0.2, 0.25) is 0 Å². The molecule has 1 aliphatic heterocycles. The Morgan fingerprint density at radius 1 is 1.40 bits per heavy atom. The lowest BCUT2D eigenvalue weighted by molar-refractivity contribution is -0.125. The van der Waals surface area contributed by atoms with Crippen LogP contribution in [0, 0.1) is 0 Å². The van der Waals surface area contributed by atoms with Gasteiger partial charge < -0.3 is 15.0 Å². The molecule has 1 amide bonds. The first-order valence-electron chi connectivity index (χ1n) is 7.37. The fourth-order valence-corrected chi connectivity index (χ4v) is 2.62. The van der Waals surface area contributed by atoms with Crippen LogP contribution in [0.4, 0.5) is 5.69 Å². The molecule has 110 valence electrons. The molecule has 2 rings (SSSR count). The Morgan fingerprint density at radius 3 is 2.80 bits per heavy atom. The number of anilines is 1. The topological polar surface area (TPSA) is 41.6 Å². The maximum atomic E-state index is 12.0. The summed E-state index contributed by atoms with van der Waals surface area (Å²) in [4.78, 5) is 13.7. The van der Waals surface area contributed by atoms with Gasteiger partial charge in [-0.05, 0) is 44.0 Å². The Bertz CT molecular complexity index is 487. The normalized spacial score (nSPS) is 19.5. The van der Waals surface area contributed by atoms with Gasteiger partial charge in [-0.15, -0.1) is 0 Å². The van der Waals surface area contributed by atoms with E-state index in [0.29, 0.717) is 6.04 Å². The molecule has 4 nitrogen and oxygen atoms in total. The minimum Gasteiger partial charge on any atom is -0.479 e. The van der Waals surface area contributed by atoms with Crippen LogP contribution in [0.25, 0.3) is 0 Å². The van der Waals surface area contributed by atoms with Crippen molar-refractivity contribution in [2.24, 2.45) is 0 Å². The molecule has 1 N–H and O–H groups in total. The molecule has 2 unspecified atom stereocenters. The number of hydrogen-bond acceptors (Lipinski definition) is 3. The van der Waals surface area contributed by atoms with Crippen LogP contribution in [0.15, 0.2) is 18.2 Å². The third kappa shape index (κ3) is 2.96. The second kappa shape index (κ2) is 6.27. The zero-order chi connectivity index (χ0) is 14.7. The van der Waals surface area contributed by atoms with Gasteiger partial charge in [-0.1, -0.05) is 19.9 Å². The lowest BCUT2D eigenvalue weighted by Crippen LogP contribution is -2.42. The highest BCUT2D eigenvalue weighted by atomic mass is 16.5. The monoisotopic (exact) mass is 276 g/mol. The van der Waals surface area contributed by atoms with Crippen LogP contribution in [-0.2, 0) is 11.2 Å². The molecule has 1 heterocycles. The van der Waals surface area contributed by atoms with Crippen molar-refractivity contribution in [3.63, 3.8) is 0 Å². The van der Waals surface area contributed by atoms with Gasteiger partial charge in [0.2, 0.25) is 0 Å². The zero-order valence-electron chi connectivity index (χ0n) is 12.8. The lowest BCUT2D eigenvalue weighted by Gasteiger charge is -2.30. The third-order valence-corrected chi connectivity index (χ3v) is 3.83. The van der Waals surface area contributed by atoms with Crippen LogP contribution < -0.4 is 15.0 Å². The Hall–Kier alpha value is -1.55. The van der Waals surface area contributed by atoms with E-state index < -0.39 is 6.10 Å². The molecule has 4 heteroatoms. The van der Waals surface area contributed by atoms with Crippen LogP contribution in [0.1, 0.15) is 32.8 Å². The number of nitrogens with zero attached hydrogens (tertiary/aromatic N) is 1. The van der Waals surface area contributed by atoms with E-state index in [1.165, 1.54) is 5.56 Å². The summed E-state index contributed by atoms with van der Waals surface area (Å²) in [5.41, 5.74) is 2.10. The van der Waals surface area contributed by atoms with Crippen LogP contribution in [-0.4, -0.2) is 31.6 Å². The maximum absolute atomic E-state index is 12.0. The Morgan fingerprint density at radius 2 is 2.15 bits per heavy atom. The van der Waals surface area contributed by atoms with E-state index >= 15 is 0 Å². The van der Waals surface area contributed by atoms with E-state index in [-0.39, 0.29) is 5.91 Å². The van der Waals surface area contributed by atoms with Gasteiger partial charge in [0, 0.05) is 13.1 Å². The molecule has 0 aliphatic carbocycles. The number of rotatable bonds is 5. The third-order valence-electron chi connectivity index (χ3n) is 3.83. The molecule has 0 radical (unpaired) electrons. The summed E-state index contributed by atoms with van der Waals surface area (Å²) >= 11 is 0. The Balaban J connectivity index is 2.21. The number of benzene rings is 1. The summed E-state index contributed by atoms with van der Waals surface area (Å²) in [6.45, 7) is 7.07. The summed E-state index contributed by atoms with van der Waals surface area (Å²) < 4.78 is 5.64. The number of likely N-dealkylation sites (N-methyl/N-ethyl adjacent to an activating group) is 2. The van der Waals surface area contributed by atoms with Crippen molar-refractivity contribution in [3.8, 4) is 5.75 Å². The number of carbonyl (C=O) groups excluding carboxylic acids is 1. The highest BCUT2D eigenvalue weighted by Crippen LogP contribution is 2.34. The summed E-state index contributed by atoms with van der Waals surface area (Å²) in [7, 11) is 1.81. The SMILES string of the molecule is CCNC(CC)Cc1ccc2c(c1)N(C)C(=O)C(C)O2. The number of amides is 1. The maximum Gasteiger partial charge on any atom is 0.267 e. The molecule has 0 saturated heterocycles. The molecule has 2 atom stereocenters. The predicted octanol–water partition coefficient (Wildman–Crippen LogP) is 2.36. The first-order chi connectivity index (χ1) is 9.56. The number of hydrogen-bond donors (Lipinski definition) is 1. The van der Waals surface area contributed by atoms with Gasteiger partial charge in [-0.3, -0.25) is 4.79 Å². The first kappa shape index (κ1) is 14.9. The van der Waals surface area contributed by atoms with E-state index in [0.717, 1.165) is 30.8 Å². The van der Waals surface area contributed by atoms with E-state index in [2.05, 4.69) is 31.3 Å². The van der Waals surface area contributed by atoms with Crippen molar-refractivity contribution < 1.29 is 9.53 Å². The summed E-state index contributed by atoms with van der Waals surface area (Å²) in [6, 6.07) is 6.61. The van der Waals surface area contributed by atoms with Crippen molar-refractivity contribution in [3.05, 3.63) is 23.8 Å². The molecule has 1 aromatic rings. The average Bonchev–Trinajstić information content (AvgIpc) is 2.45. The molecular formula is C16H24N2O2. The molecule has 0 saturated carbocycles. The summed E-state index contributed by atoms with van der Waals surface area (Å²) in [5.74, 6) is 0.799. The largest absolute Gasteiger partial charge is 0.479 e. The minimum atomic E-state index is -0.400. The van der Waals surface area contributed by atoms with Gasteiger partial charge >= 0.3 is 0 Å². The second-order valence-electron chi connectivity index (χ2n) is 5.33. The second-order valence-corrected chi connectivity index (χ2v) is 5.33. The highest BCUT2D eigenvalue weighted by Gasteiger charge is 2.28. The van der Waals surface area contributed by atoms with Crippen molar-refractivity contribution in [1.29, 1.82) is 0 Å². The standard InChI is InChI=1S/C16H24N2O2/c1-5-13(17-6-2)9-12-7-8-15-14(10-12)18(4)16(19)11(3)20-15/h7-8,10-11,13,17H,5-6,9H2,1-4H3. The van der Waals surface area contributed by atoms with Gasteiger partial charge in [0.25, 0.3) is 5.91 Å². The van der Waals surface area contributed by atoms with E-state index in [1.807, 2.05) is 13.1 Å². The first-order valence-corrected chi connectivity index (χ1v) is 7.37. The summed E-state index contributed by atoms with van der Waals surface area (Å²) in [6.07, 6.45) is 1.66. The number of carbonyl (C=O) groups is 1. The molecular weight excluding hydrogens is 252 g/mol. The quantitative estimate of drug-likeness (QED) is 0.897. The average molecular weight is 276 g/mol. The van der Waals surface area contributed by atoms with E-state index in [1.54, 1.807) is 11.8 Å². The zero-order valence-corrected chi connectivity index (χ0v) is 12.8. The van der Waals surface area contributed by atoms with Gasteiger partial charge in [-0.2, -0.15) is 0 Å². The smallest absolute Gasteiger partial charge is 0.267 e. The molecule has 1 aromatic carbocycles. The molecule has 0 aromatic heterocycles. The van der Waals surface area contributed by atoms with Crippen LogP contribution in [0.5, 0.6) is 5.75 Å². The van der Waals surface area contributed by atoms with Gasteiger partial charge in [0.1, 0.15) is 5.75 Å². The van der Waals surface area contributed by atoms with E-state index in [9.17, 15) is 4.79 Å². The van der Waals surface area contributed by atoms with Crippen molar-refractivity contribution in [2.45, 2.75) is 45.8 Å². The number of ether oxygens (including phenoxy) is 1. The van der Waals surface area contributed by atoms with Crippen LogP contribution in [0.3, 0.4) is 0 Å². The number of nitrogens with one attached hydrogen (secondary N) is 1. The molecule has 0 bridgehead atoms. The van der Waals surface area contributed by atoms with Crippen molar-refractivity contribution in [2.75, 3.05) is 18.5 Å². The fraction of sp³-hybridized carbons (Fsp3) is 0.562.